The summed E-state index contributed by atoms with van der Waals surface area (Å²) in [5.41, 5.74) is -0.256. The molecule has 0 radical (unpaired) electrons. The number of carbonyl (C=O) groups excluding carboxylic acids is 2. The van der Waals surface area contributed by atoms with Crippen LogP contribution in [0.5, 0.6) is 0 Å². The SMILES string of the molecule is O=C(N[C@@H](Cc1c[nH]c2ccccc12)C(=O)OCc1cc(C(F)(F)F)cc(C(F)(F)F)c1)C1=Cc2ccccc2C12CCNCC2. The van der Waals surface area contributed by atoms with Crippen LogP contribution in [0, 0.1) is 0 Å². The molecular weight excluding hydrogens is 612 g/mol. The zero-order valence-corrected chi connectivity index (χ0v) is 24.3. The molecular formula is C34H29F6N3O3. The van der Waals surface area contributed by atoms with Crippen LogP contribution in [0.25, 0.3) is 17.0 Å². The summed E-state index contributed by atoms with van der Waals surface area (Å²) >= 11 is 0. The number of benzene rings is 3. The van der Waals surface area contributed by atoms with Crippen LogP contribution in [0.15, 0.2) is 78.5 Å². The van der Waals surface area contributed by atoms with Gasteiger partial charge in [0.2, 0.25) is 5.91 Å². The summed E-state index contributed by atoms with van der Waals surface area (Å²) in [6.07, 6.45) is -5.36. The molecule has 0 bridgehead atoms. The van der Waals surface area contributed by atoms with E-state index >= 15 is 0 Å². The topological polar surface area (TPSA) is 83.2 Å². The molecule has 4 aromatic rings. The number of nitrogens with one attached hydrogen (secondary N) is 3. The van der Waals surface area contributed by atoms with E-state index in [-0.39, 0.29) is 12.5 Å². The molecule has 2 heterocycles. The third-order valence-electron chi connectivity index (χ3n) is 8.71. The molecule has 1 aromatic heterocycles. The van der Waals surface area contributed by atoms with E-state index in [1.807, 2.05) is 48.5 Å². The van der Waals surface area contributed by atoms with Crippen LogP contribution in [0.4, 0.5) is 26.3 Å². The van der Waals surface area contributed by atoms with Gasteiger partial charge in [-0.2, -0.15) is 26.3 Å². The normalized spacial score (nSPS) is 16.6. The van der Waals surface area contributed by atoms with E-state index in [9.17, 15) is 35.9 Å². The van der Waals surface area contributed by atoms with Crippen molar-refractivity contribution >= 4 is 28.9 Å². The van der Waals surface area contributed by atoms with Crippen LogP contribution in [0.3, 0.4) is 0 Å². The van der Waals surface area contributed by atoms with Crippen LogP contribution in [0.2, 0.25) is 0 Å². The van der Waals surface area contributed by atoms with Gasteiger partial charge >= 0.3 is 18.3 Å². The van der Waals surface area contributed by atoms with Crippen molar-refractivity contribution in [2.24, 2.45) is 0 Å². The summed E-state index contributed by atoms with van der Waals surface area (Å²) < 4.78 is 85.8. The summed E-state index contributed by atoms with van der Waals surface area (Å²) in [6.45, 7) is 0.489. The van der Waals surface area contributed by atoms with Crippen LogP contribution in [-0.4, -0.2) is 36.0 Å². The number of carbonyl (C=O) groups is 2. The van der Waals surface area contributed by atoms with Gasteiger partial charge < -0.3 is 20.4 Å². The monoisotopic (exact) mass is 641 g/mol. The molecule has 3 aromatic carbocycles. The second-order valence-corrected chi connectivity index (χ2v) is 11.6. The van der Waals surface area contributed by atoms with Crippen LogP contribution in [-0.2, 0) is 45.1 Å². The summed E-state index contributed by atoms with van der Waals surface area (Å²) in [7, 11) is 0. The predicted molar refractivity (Wildman–Crippen MR) is 158 cm³/mol. The Bertz CT molecular complexity index is 1790. The van der Waals surface area contributed by atoms with Gasteiger partial charge in [0.1, 0.15) is 12.6 Å². The lowest BCUT2D eigenvalue weighted by Crippen LogP contribution is -2.48. The number of aromatic nitrogens is 1. The third-order valence-corrected chi connectivity index (χ3v) is 8.71. The van der Waals surface area contributed by atoms with E-state index < -0.39 is 59.0 Å². The molecule has 6 rings (SSSR count). The first-order chi connectivity index (χ1) is 21.8. The molecule has 1 atom stereocenters. The Morgan fingerprint density at radius 2 is 1.54 bits per heavy atom. The Morgan fingerprint density at radius 1 is 0.891 bits per heavy atom. The van der Waals surface area contributed by atoms with Crippen molar-refractivity contribution in [3.63, 3.8) is 0 Å². The van der Waals surface area contributed by atoms with E-state index in [1.54, 1.807) is 12.3 Å². The van der Waals surface area contributed by atoms with Gasteiger partial charge in [-0.05, 0) is 78.5 Å². The highest BCUT2D eigenvalue weighted by molar-refractivity contribution is 6.04. The van der Waals surface area contributed by atoms with Crippen molar-refractivity contribution in [1.29, 1.82) is 0 Å². The Morgan fingerprint density at radius 3 is 2.24 bits per heavy atom. The van der Waals surface area contributed by atoms with Gasteiger partial charge in [-0.3, -0.25) is 4.79 Å². The number of alkyl halides is 6. The molecule has 1 fully saturated rings. The second kappa shape index (κ2) is 12.0. The number of rotatable bonds is 7. The zero-order valence-electron chi connectivity index (χ0n) is 24.3. The van der Waals surface area contributed by atoms with Crippen LogP contribution >= 0.6 is 0 Å². The molecule has 240 valence electrons. The van der Waals surface area contributed by atoms with Crippen molar-refractivity contribution in [2.75, 3.05) is 13.1 Å². The second-order valence-electron chi connectivity index (χ2n) is 11.6. The average molecular weight is 642 g/mol. The molecule has 46 heavy (non-hydrogen) atoms. The Balaban J connectivity index is 1.29. The molecule has 1 aliphatic carbocycles. The van der Waals surface area contributed by atoms with E-state index in [2.05, 4.69) is 15.6 Å². The van der Waals surface area contributed by atoms with Gasteiger partial charge in [-0.25, -0.2) is 4.79 Å². The maximum Gasteiger partial charge on any atom is 0.416 e. The molecule has 0 unspecified atom stereocenters. The quantitative estimate of drug-likeness (QED) is 0.155. The lowest BCUT2D eigenvalue weighted by Gasteiger charge is -2.37. The smallest absolute Gasteiger partial charge is 0.416 e. The minimum absolute atomic E-state index is 0.00924. The van der Waals surface area contributed by atoms with Crippen molar-refractivity contribution in [3.8, 4) is 0 Å². The minimum atomic E-state index is -5.05. The molecule has 1 saturated heterocycles. The molecule has 6 nitrogen and oxygen atoms in total. The molecule has 1 amide bonds. The standard InChI is InChI=1S/C34H29F6N3O3/c35-33(36,37)23-13-20(14-24(17-23)34(38,39)40)19-46-31(45)29(16-22-18-42-28-8-4-2-6-25(22)28)43-30(44)27-15-21-5-1-3-7-26(21)32(27)9-11-41-12-10-32/h1-8,13-15,17-18,29,41-42H,9-12,16,19H2,(H,43,44)/t29-/m0/s1. The van der Waals surface area contributed by atoms with Crippen LogP contribution in [0.1, 0.15) is 46.2 Å². The Labute approximate surface area is 259 Å². The van der Waals surface area contributed by atoms with E-state index in [4.69, 9.17) is 4.74 Å². The van der Waals surface area contributed by atoms with Crippen molar-refractivity contribution in [1.82, 2.24) is 15.6 Å². The number of hydrogen-bond donors (Lipinski definition) is 3. The van der Waals surface area contributed by atoms with Gasteiger partial charge in [0, 0.05) is 34.5 Å². The molecule has 3 N–H and O–H groups in total. The summed E-state index contributed by atoms with van der Waals surface area (Å²) in [5.74, 6) is -1.50. The van der Waals surface area contributed by atoms with Crippen LogP contribution < -0.4 is 10.6 Å². The first-order valence-electron chi connectivity index (χ1n) is 14.7. The van der Waals surface area contributed by atoms with E-state index in [0.29, 0.717) is 49.2 Å². The highest BCUT2D eigenvalue weighted by Gasteiger charge is 2.46. The molecule has 12 heteroatoms. The number of aromatic amines is 1. The van der Waals surface area contributed by atoms with E-state index in [1.165, 1.54) is 0 Å². The first-order valence-corrected chi connectivity index (χ1v) is 14.7. The number of halogens is 6. The third kappa shape index (κ3) is 6.13. The maximum absolute atomic E-state index is 14.0. The maximum atomic E-state index is 14.0. The Kier molecular flexibility index (Phi) is 8.18. The number of fused-ring (bicyclic) bond motifs is 3. The number of amides is 1. The Hall–Kier alpha value is -4.58. The lowest BCUT2D eigenvalue weighted by atomic mass is 9.70. The number of piperidine rings is 1. The molecule has 2 aliphatic rings. The molecule has 1 spiro atoms. The van der Waals surface area contributed by atoms with Gasteiger partial charge in [0.15, 0.2) is 0 Å². The predicted octanol–water partition coefficient (Wildman–Crippen LogP) is 6.69. The minimum Gasteiger partial charge on any atom is -0.459 e. The van der Waals surface area contributed by atoms with Crippen molar-refractivity contribution < 1.29 is 40.7 Å². The summed E-state index contributed by atoms with van der Waals surface area (Å²) in [5, 5.41) is 6.89. The largest absolute Gasteiger partial charge is 0.459 e. The number of para-hydroxylation sites is 1. The average Bonchev–Trinajstić information content (AvgIpc) is 3.58. The number of H-pyrrole nitrogens is 1. The fourth-order valence-corrected chi connectivity index (χ4v) is 6.48. The lowest BCUT2D eigenvalue weighted by molar-refractivity contribution is -0.149. The summed E-state index contributed by atoms with van der Waals surface area (Å²) in [6, 6.07) is 14.7. The number of esters is 1. The highest BCUT2D eigenvalue weighted by Crippen LogP contribution is 2.48. The van der Waals surface area contributed by atoms with Gasteiger partial charge in [-0.15, -0.1) is 0 Å². The highest BCUT2D eigenvalue weighted by atomic mass is 19.4. The van der Waals surface area contributed by atoms with Gasteiger partial charge in [-0.1, -0.05) is 42.5 Å². The van der Waals surface area contributed by atoms with Gasteiger partial charge in [0.05, 0.1) is 11.1 Å². The number of hydrogen-bond acceptors (Lipinski definition) is 4. The molecule has 1 aliphatic heterocycles. The van der Waals surface area contributed by atoms with Crippen molar-refractivity contribution in [3.05, 3.63) is 112 Å². The fourth-order valence-electron chi connectivity index (χ4n) is 6.48. The van der Waals surface area contributed by atoms with E-state index in [0.717, 1.165) is 22.0 Å². The van der Waals surface area contributed by atoms with Gasteiger partial charge in [0.25, 0.3) is 0 Å². The fraction of sp³-hybridized carbons (Fsp3) is 0.294. The zero-order chi connectivity index (χ0) is 32.7. The summed E-state index contributed by atoms with van der Waals surface area (Å²) in [4.78, 5) is 30.7. The van der Waals surface area contributed by atoms with Crippen molar-refractivity contribution in [2.45, 2.75) is 49.7 Å². The molecule has 0 saturated carbocycles. The first kappa shape index (κ1) is 31.4. The number of ether oxygens (including phenoxy) is 1.